The predicted molar refractivity (Wildman–Crippen MR) is 250 cm³/mol. The van der Waals surface area contributed by atoms with Crippen LogP contribution < -0.4 is 0 Å². The molecule has 0 aromatic carbocycles. The molecule has 0 aromatic rings. The van der Waals surface area contributed by atoms with Crippen LogP contribution in [0.3, 0.4) is 0 Å². The van der Waals surface area contributed by atoms with Crippen LogP contribution in [0.1, 0.15) is 151 Å². The van der Waals surface area contributed by atoms with Gasteiger partial charge in [0.05, 0.1) is 24.4 Å². The van der Waals surface area contributed by atoms with E-state index in [1.54, 1.807) is 0 Å². The normalized spacial score (nSPS) is 40.1. The highest BCUT2D eigenvalue weighted by atomic mass is 16.5. The summed E-state index contributed by atoms with van der Waals surface area (Å²) < 4.78 is 0. The van der Waals surface area contributed by atoms with Gasteiger partial charge in [-0.15, -0.1) is 0 Å². The van der Waals surface area contributed by atoms with Crippen molar-refractivity contribution < 1.29 is 30.6 Å². The van der Waals surface area contributed by atoms with Gasteiger partial charge in [-0.05, 0) is 171 Å². The van der Waals surface area contributed by atoms with Gasteiger partial charge in [0.25, 0.3) is 0 Å². The third-order valence-corrected chi connectivity index (χ3v) is 17.4. The molecular weight excluding hydrogens is 757 g/mol. The number of hydrogen-bond acceptors (Lipinski definition) is 6. The number of rotatable bonds is 10. The van der Waals surface area contributed by atoms with Crippen molar-refractivity contribution in [2.45, 2.75) is 181 Å². The first-order valence-electron chi connectivity index (χ1n) is 24.5. The molecule has 0 bridgehead atoms. The van der Waals surface area contributed by atoms with Gasteiger partial charge in [-0.1, -0.05) is 121 Å². The molecule has 7 aliphatic rings. The minimum Gasteiger partial charge on any atom is -0.393 e. The Morgan fingerprint density at radius 1 is 0.639 bits per heavy atom. The van der Waals surface area contributed by atoms with E-state index in [9.17, 15) is 30.6 Å². The van der Waals surface area contributed by atoms with Gasteiger partial charge in [-0.2, -0.15) is 0 Å². The second kappa shape index (κ2) is 19.8. The molecular formula is C55H84O6. The summed E-state index contributed by atoms with van der Waals surface area (Å²) in [7, 11) is 0. The first-order valence-corrected chi connectivity index (χ1v) is 24.5. The molecule has 13 atom stereocenters. The summed E-state index contributed by atoms with van der Waals surface area (Å²) in [6.07, 6.45) is 31.8. The van der Waals surface area contributed by atoms with Crippen LogP contribution in [0.15, 0.2) is 95.2 Å². The molecule has 0 heterocycles. The lowest BCUT2D eigenvalue weighted by Crippen LogP contribution is -2.40. The van der Waals surface area contributed by atoms with Crippen molar-refractivity contribution in [3.8, 4) is 0 Å². The van der Waals surface area contributed by atoms with Crippen LogP contribution in [0.4, 0.5) is 0 Å². The Balaban J connectivity index is 0.000000204. The molecule has 6 nitrogen and oxygen atoms in total. The molecule has 0 amide bonds. The fourth-order valence-electron chi connectivity index (χ4n) is 13.0. The Morgan fingerprint density at radius 2 is 1.15 bits per heavy atom. The Bertz CT molecular complexity index is 1750. The Hall–Kier alpha value is -2.32. The summed E-state index contributed by atoms with van der Waals surface area (Å²) in [6.45, 7) is 24.6. The van der Waals surface area contributed by atoms with Crippen molar-refractivity contribution in [2.75, 3.05) is 0 Å². The number of aliphatic hydroxyl groups is 6. The second-order valence-corrected chi connectivity index (χ2v) is 22.0. The van der Waals surface area contributed by atoms with E-state index in [2.05, 4.69) is 104 Å². The minimum atomic E-state index is -2.00. The molecule has 7 aliphatic carbocycles. The first-order chi connectivity index (χ1) is 28.7. The summed E-state index contributed by atoms with van der Waals surface area (Å²) in [5.41, 5.74) is 6.54. The Kier molecular flexibility index (Phi) is 15.6. The summed E-state index contributed by atoms with van der Waals surface area (Å²) in [4.78, 5) is 0. The average molecular weight is 841 g/mol. The summed E-state index contributed by atoms with van der Waals surface area (Å²) in [5, 5.41) is 60.8. The van der Waals surface area contributed by atoms with Crippen LogP contribution >= 0.6 is 0 Å². The van der Waals surface area contributed by atoms with E-state index in [4.69, 9.17) is 0 Å². The molecule has 6 heteroatoms. The third-order valence-electron chi connectivity index (χ3n) is 17.4. The lowest BCUT2D eigenvalue weighted by molar-refractivity contribution is -0.155. The molecule has 7 saturated carbocycles. The Labute approximate surface area is 370 Å². The topological polar surface area (TPSA) is 121 Å². The highest BCUT2D eigenvalue weighted by molar-refractivity contribution is 5.41. The smallest absolute Gasteiger partial charge is 0.191 e. The third kappa shape index (κ3) is 11.0. The largest absolute Gasteiger partial charge is 0.393 e. The summed E-state index contributed by atoms with van der Waals surface area (Å²) in [6, 6.07) is 0. The van der Waals surface area contributed by atoms with Crippen LogP contribution in [-0.2, 0) is 0 Å². The van der Waals surface area contributed by atoms with Crippen LogP contribution in [-0.4, -0.2) is 60.8 Å². The van der Waals surface area contributed by atoms with Gasteiger partial charge in [-0.25, -0.2) is 0 Å². The SMILES string of the molecule is C=C1/C(=C\C=C2/CCC[C@]3(C)[C@@H]([C@H](C)/C=C/[C@@H](C)C(C)C)CC[C@@H]23)C[C@@H](O)CC1(O)O.C=C1/C(=C\C=C2/CCC[C@]3(C)[C@@H]([C@H](C)/C=C/[C@@H](O)C4CC4)CC[C@@H]23)C[C@@H](O)C[C@@H]1O. The number of allylic oxidation sites excluding steroid dienone is 9. The average Bonchev–Trinajstić information content (AvgIpc) is 3.90. The standard InChI is InChI=1S/C28H44O3.C27H40O3/c1-18(2)19(3)9-10-20(4)25-13-14-26-22(8-7-15-27(25,26)6)11-12-23-16-24(29)17-28(30,31)21(23)5;1-17(6-13-25(29)20-8-9-20)23-11-12-24-19(5-4-14-27(23,24)3)7-10-21-15-22(28)16-26(30)18(21)2/h9-12,18-20,24-26,29-31H,5,7-8,13-17H2,1-4,6H3;6-7,10,13,17,20,22-26,28-30H,2,4-5,8-9,11-12,14-16H2,1,3H3/b10-9+,22-11+,23-12-;13-6+,19-7+,21-10-/t19-,20-,24-,25-,26+,27-;17-,22-,23-,24+,25-,26+,27-/m11/s1. The number of hydrogen-bond donors (Lipinski definition) is 6. The zero-order chi connectivity index (χ0) is 44.4. The molecule has 0 aromatic heterocycles. The van der Waals surface area contributed by atoms with E-state index < -0.39 is 24.1 Å². The first kappa shape index (κ1) is 48.1. The molecule has 7 fully saturated rings. The zero-order valence-corrected chi connectivity index (χ0v) is 39.0. The van der Waals surface area contributed by atoms with Crippen molar-refractivity contribution in [1.82, 2.24) is 0 Å². The predicted octanol–water partition coefficient (Wildman–Crippen LogP) is 11.0. The van der Waals surface area contributed by atoms with Crippen molar-refractivity contribution in [3.05, 3.63) is 95.2 Å². The van der Waals surface area contributed by atoms with Gasteiger partial charge in [0.15, 0.2) is 5.79 Å². The van der Waals surface area contributed by atoms with Crippen LogP contribution in [0, 0.1) is 64.1 Å². The van der Waals surface area contributed by atoms with E-state index in [0.717, 1.165) is 29.6 Å². The fourth-order valence-corrected chi connectivity index (χ4v) is 13.0. The van der Waals surface area contributed by atoms with Gasteiger partial charge >= 0.3 is 0 Å². The minimum absolute atomic E-state index is 0.0665. The molecule has 0 saturated heterocycles. The fraction of sp³-hybridized carbons (Fsp3) is 0.709. The highest BCUT2D eigenvalue weighted by Gasteiger charge is 2.51. The van der Waals surface area contributed by atoms with Crippen molar-refractivity contribution in [2.24, 2.45) is 64.1 Å². The van der Waals surface area contributed by atoms with Gasteiger partial charge < -0.3 is 30.6 Å². The quantitative estimate of drug-likeness (QED) is 0.0962. The molecule has 0 unspecified atom stereocenters. The molecule has 340 valence electrons. The van der Waals surface area contributed by atoms with Crippen LogP contribution in [0.5, 0.6) is 0 Å². The maximum atomic E-state index is 10.2. The van der Waals surface area contributed by atoms with Gasteiger partial charge in [-0.3, -0.25) is 0 Å². The van der Waals surface area contributed by atoms with E-state index in [-0.39, 0.29) is 12.5 Å². The van der Waals surface area contributed by atoms with E-state index in [1.807, 2.05) is 6.08 Å². The maximum Gasteiger partial charge on any atom is 0.191 e. The van der Waals surface area contributed by atoms with Gasteiger partial charge in [0, 0.05) is 18.4 Å². The summed E-state index contributed by atoms with van der Waals surface area (Å²) >= 11 is 0. The Morgan fingerprint density at radius 3 is 1.67 bits per heavy atom. The van der Waals surface area contributed by atoms with E-state index in [1.165, 1.54) is 75.4 Å². The van der Waals surface area contributed by atoms with Gasteiger partial charge in [0.2, 0.25) is 0 Å². The molecule has 0 aliphatic heterocycles. The lowest BCUT2D eigenvalue weighted by atomic mass is 9.61. The van der Waals surface area contributed by atoms with Crippen LogP contribution in [0.25, 0.3) is 0 Å². The van der Waals surface area contributed by atoms with E-state index in [0.29, 0.717) is 88.9 Å². The zero-order valence-electron chi connectivity index (χ0n) is 39.0. The maximum absolute atomic E-state index is 10.2. The highest BCUT2D eigenvalue weighted by Crippen LogP contribution is 2.61. The lowest BCUT2D eigenvalue weighted by Gasteiger charge is -2.44. The van der Waals surface area contributed by atoms with Crippen molar-refractivity contribution in [3.63, 3.8) is 0 Å². The molecule has 7 rings (SSSR count). The molecule has 0 spiro atoms. The monoisotopic (exact) mass is 841 g/mol. The van der Waals surface area contributed by atoms with Crippen molar-refractivity contribution in [1.29, 1.82) is 0 Å². The summed E-state index contributed by atoms with van der Waals surface area (Å²) in [5.74, 6) is 3.46. The van der Waals surface area contributed by atoms with E-state index >= 15 is 0 Å². The van der Waals surface area contributed by atoms with Crippen molar-refractivity contribution >= 4 is 0 Å². The van der Waals surface area contributed by atoms with Crippen LogP contribution in [0.2, 0.25) is 0 Å². The molecule has 61 heavy (non-hydrogen) atoms. The number of fused-ring (bicyclic) bond motifs is 2. The number of aliphatic hydroxyl groups excluding tert-OH is 4. The second-order valence-electron chi connectivity index (χ2n) is 22.0. The van der Waals surface area contributed by atoms with Gasteiger partial charge in [0.1, 0.15) is 0 Å². The molecule has 0 radical (unpaired) electrons. The molecule has 6 N–H and O–H groups in total.